The van der Waals surface area contributed by atoms with Crippen molar-refractivity contribution in [3.05, 3.63) is 0 Å². The quantitative estimate of drug-likeness (QED) is 0.771. The number of hydrogen-bond acceptors (Lipinski definition) is 4. The molecule has 0 aromatic rings. The van der Waals surface area contributed by atoms with Crippen molar-refractivity contribution in [2.24, 2.45) is 11.7 Å². The molecule has 1 aliphatic heterocycles. The van der Waals surface area contributed by atoms with Crippen molar-refractivity contribution in [1.29, 1.82) is 0 Å². The van der Waals surface area contributed by atoms with Crippen LogP contribution in [-0.4, -0.2) is 55.2 Å². The number of primary amides is 1. The lowest BCUT2D eigenvalue weighted by molar-refractivity contribution is -0.124. The molecular weight excluding hydrogens is 266 g/mol. The van der Waals surface area contributed by atoms with E-state index in [1.807, 2.05) is 0 Å². The van der Waals surface area contributed by atoms with Gasteiger partial charge >= 0.3 is 0 Å². The summed E-state index contributed by atoms with van der Waals surface area (Å²) in [5.41, 5.74) is 5.18. The molecule has 1 aliphatic carbocycles. The lowest BCUT2D eigenvalue weighted by atomic mass is 9.94. The smallest absolute Gasteiger partial charge is 0.237 e. The Morgan fingerprint density at radius 1 is 1.38 bits per heavy atom. The zero-order chi connectivity index (χ0) is 15.5. The summed E-state index contributed by atoms with van der Waals surface area (Å²) in [6.07, 6.45) is 5.04. The molecule has 2 atom stereocenters. The summed E-state index contributed by atoms with van der Waals surface area (Å²) in [7, 11) is 2.19. The number of amides is 1. The minimum atomic E-state index is -0.511. The van der Waals surface area contributed by atoms with Gasteiger partial charge in [-0.15, -0.1) is 0 Å². The Hall–Kier alpha value is -0.650. The summed E-state index contributed by atoms with van der Waals surface area (Å²) < 4.78 is 5.43. The molecule has 1 saturated carbocycles. The van der Waals surface area contributed by atoms with Gasteiger partial charge in [-0.2, -0.15) is 0 Å². The van der Waals surface area contributed by atoms with E-state index in [0.717, 1.165) is 57.8 Å². The molecule has 2 rings (SSSR count). The summed E-state index contributed by atoms with van der Waals surface area (Å²) in [5, 5.41) is 3.42. The minimum Gasteiger partial charge on any atom is -0.381 e. The van der Waals surface area contributed by atoms with E-state index in [1.54, 1.807) is 0 Å². The van der Waals surface area contributed by atoms with Crippen molar-refractivity contribution >= 4 is 5.91 Å². The highest BCUT2D eigenvalue weighted by molar-refractivity contribution is 5.85. The van der Waals surface area contributed by atoms with Crippen molar-refractivity contribution in [1.82, 2.24) is 10.2 Å². The van der Waals surface area contributed by atoms with Crippen molar-refractivity contribution in [3.8, 4) is 0 Å². The highest BCUT2D eigenvalue weighted by Gasteiger charge is 2.45. The van der Waals surface area contributed by atoms with E-state index < -0.39 is 5.54 Å². The lowest BCUT2D eigenvalue weighted by Crippen LogP contribution is -2.56. The van der Waals surface area contributed by atoms with Crippen molar-refractivity contribution < 1.29 is 9.53 Å². The topological polar surface area (TPSA) is 67.6 Å². The molecule has 3 N–H and O–H groups in total. The highest BCUT2D eigenvalue weighted by atomic mass is 16.5. The molecule has 2 fully saturated rings. The minimum absolute atomic E-state index is 0.196. The van der Waals surface area contributed by atoms with E-state index >= 15 is 0 Å². The number of rotatable bonds is 6. The Morgan fingerprint density at radius 3 is 2.62 bits per heavy atom. The van der Waals surface area contributed by atoms with Crippen molar-refractivity contribution in [2.75, 3.05) is 26.8 Å². The van der Waals surface area contributed by atoms with Crippen LogP contribution in [0.5, 0.6) is 0 Å². The highest BCUT2D eigenvalue weighted by Crippen LogP contribution is 2.34. The van der Waals surface area contributed by atoms with E-state index in [-0.39, 0.29) is 11.9 Å². The second-order valence-corrected chi connectivity index (χ2v) is 7.14. The van der Waals surface area contributed by atoms with Gasteiger partial charge in [0, 0.05) is 31.8 Å². The molecule has 0 aromatic carbocycles. The van der Waals surface area contributed by atoms with Crippen LogP contribution < -0.4 is 11.1 Å². The third kappa shape index (κ3) is 4.18. The van der Waals surface area contributed by atoms with E-state index in [1.165, 1.54) is 0 Å². The second kappa shape index (κ2) is 7.07. The van der Waals surface area contributed by atoms with Crippen molar-refractivity contribution in [3.63, 3.8) is 0 Å². The summed E-state index contributed by atoms with van der Waals surface area (Å²) in [6.45, 7) is 7.03. The van der Waals surface area contributed by atoms with Gasteiger partial charge in [-0.25, -0.2) is 0 Å². The summed E-state index contributed by atoms with van der Waals surface area (Å²) in [6, 6.07) is 0.726. The van der Waals surface area contributed by atoms with Gasteiger partial charge in [0.2, 0.25) is 5.91 Å². The van der Waals surface area contributed by atoms with Gasteiger partial charge in [-0.3, -0.25) is 4.79 Å². The van der Waals surface area contributed by atoms with Gasteiger partial charge < -0.3 is 20.7 Å². The summed E-state index contributed by atoms with van der Waals surface area (Å²) in [5.74, 6) is 0.531. The van der Waals surface area contributed by atoms with Gasteiger partial charge in [0.1, 0.15) is 0 Å². The van der Waals surface area contributed by atoms with Crippen LogP contribution in [0.1, 0.15) is 46.0 Å². The molecule has 0 bridgehead atoms. The van der Waals surface area contributed by atoms with E-state index in [0.29, 0.717) is 6.04 Å². The molecule has 5 heteroatoms. The fourth-order valence-electron chi connectivity index (χ4n) is 3.86. The number of carbonyl (C=O) groups excluding carboxylic acids is 1. The molecule has 2 aliphatic rings. The molecule has 1 heterocycles. The largest absolute Gasteiger partial charge is 0.381 e. The molecule has 5 nitrogen and oxygen atoms in total. The molecule has 21 heavy (non-hydrogen) atoms. The van der Waals surface area contributed by atoms with Gasteiger partial charge in [0.25, 0.3) is 0 Å². The van der Waals surface area contributed by atoms with Crippen LogP contribution in [0.15, 0.2) is 0 Å². The SMILES string of the molecule is CC(C)NC1(C(N)=O)CCC(N(C)CC2CCOCC2)C1. The molecule has 1 saturated heterocycles. The first-order valence-electron chi connectivity index (χ1n) is 8.28. The Bertz CT molecular complexity index is 355. The maximum atomic E-state index is 11.9. The van der Waals surface area contributed by atoms with Crippen LogP contribution in [0.4, 0.5) is 0 Å². The van der Waals surface area contributed by atoms with Gasteiger partial charge in [-0.05, 0) is 58.9 Å². The Kier molecular flexibility index (Phi) is 5.63. The average Bonchev–Trinajstić information content (AvgIpc) is 2.85. The van der Waals surface area contributed by atoms with Crippen LogP contribution in [0, 0.1) is 5.92 Å². The maximum Gasteiger partial charge on any atom is 0.237 e. The first-order valence-corrected chi connectivity index (χ1v) is 8.28. The van der Waals surface area contributed by atoms with Crippen LogP contribution in [0.2, 0.25) is 0 Å². The Balaban J connectivity index is 1.91. The summed E-state index contributed by atoms with van der Waals surface area (Å²) in [4.78, 5) is 14.4. The lowest BCUT2D eigenvalue weighted by Gasteiger charge is -2.33. The number of hydrogen-bond donors (Lipinski definition) is 2. The number of ether oxygens (including phenoxy) is 1. The van der Waals surface area contributed by atoms with Crippen LogP contribution >= 0.6 is 0 Å². The zero-order valence-electron chi connectivity index (χ0n) is 13.7. The predicted molar refractivity (Wildman–Crippen MR) is 84.0 cm³/mol. The molecule has 122 valence electrons. The first-order chi connectivity index (χ1) is 9.93. The normalized spacial score (nSPS) is 31.2. The predicted octanol–water partition coefficient (Wildman–Crippen LogP) is 1.12. The fraction of sp³-hybridized carbons (Fsp3) is 0.938. The average molecular weight is 297 g/mol. The maximum absolute atomic E-state index is 11.9. The molecule has 2 unspecified atom stereocenters. The van der Waals surface area contributed by atoms with Crippen LogP contribution in [0.25, 0.3) is 0 Å². The zero-order valence-corrected chi connectivity index (χ0v) is 13.7. The van der Waals surface area contributed by atoms with E-state index in [2.05, 4.69) is 31.1 Å². The Labute approximate surface area is 128 Å². The standard InChI is InChI=1S/C16H31N3O2/c1-12(2)18-16(15(17)20)7-4-14(10-16)19(3)11-13-5-8-21-9-6-13/h12-14,18H,4-11H2,1-3H3,(H2,17,20). The molecule has 0 spiro atoms. The third-order valence-corrected chi connectivity index (χ3v) is 5.04. The number of carbonyl (C=O) groups is 1. The Morgan fingerprint density at radius 2 is 2.05 bits per heavy atom. The first kappa shape index (κ1) is 16.7. The third-order valence-electron chi connectivity index (χ3n) is 5.04. The van der Waals surface area contributed by atoms with Crippen LogP contribution in [-0.2, 0) is 9.53 Å². The van der Waals surface area contributed by atoms with E-state index in [4.69, 9.17) is 10.5 Å². The van der Waals surface area contributed by atoms with Crippen molar-refractivity contribution in [2.45, 2.75) is 63.6 Å². The van der Waals surface area contributed by atoms with Gasteiger partial charge in [0.15, 0.2) is 0 Å². The van der Waals surface area contributed by atoms with Gasteiger partial charge in [-0.1, -0.05) is 0 Å². The molecular formula is C16H31N3O2. The number of nitrogens with one attached hydrogen (secondary N) is 1. The van der Waals surface area contributed by atoms with Crippen LogP contribution in [0.3, 0.4) is 0 Å². The van der Waals surface area contributed by atoms with Gasteiger partial charge in [0.05, 0.1) is 5.54 Å². The summed E-state index contributed by atoms with van der Waals surface area (Å²) >= 11 is 0. The molecule has 0 radical (unpaired) electrons. The second-order valence-electron chi connectivity index (χ2n) is 7.14. The fourth-order valence-corrected chi connectivity index (χ4v) is 3.86. The molecule has 1 amide bonds. The molecule has 0 aromatic heterocycles. The van der Waals surface area contributed by atoms with E-state index in [9.17, 15) is 4.79 Å². The number of nitrogens with two attached hydrogens (primary N) is 1. The monoisotopic (exact) mass is 297 g/mol. The number of nitrogens with zero attached hydrogens (tertiary/aromatic N) is 1.